The molecule has 0 saturated heterocycles. The summed E-state index contributed by atoms with van der Waals surface area (Å²) in [5.41, 5.74) is 2.39. The van der Waals surface area contributed by atoms with Crippen LogP contribution in [0.3, 0.4) is 0 Å². The van der Waals surface area contributed by atoms with Crippen LogP contribution in [-0.2, 0) is 17.8 Å². The fraction of sp³-hybridized carbons (Fsp3) is 0.455. The molecule has 4 heteroatoms. The molecule has 0 radical (unpaired) electrons. The molecule has 0 aliphatic carbocycles. The molecule has 0 unspecified atom stereocenters. The van der Waals surface area contributed by atoms with Gasteiger partial charge in [0.05, 0.1) is 19.8 Å². The monoisotopic (exact) mass is 357 g/mol. The third-order valence-electron chi connectivity index (χ3n) is 4.02. The van der Waals surface area contributed by atoms with Crippen molar-refractivity contribution in [2.75, 3.05) is 26.9 Å². The Hall–Kier alpha value is -1.88. The van der Waals surface area contributed by atoms with Gasteiger partial charge in [-0.05, 0) is 29.2 Å². The van der Waals surface area contributed by atoms with Crippen LogP contribution in [0.2, 0.25) is 0 Å². The topological polar surface area (TPSA) is 41.9 Å². The van der Waals surface area contributed by atoms with E-state index >= 15 is 0 Å². The van der Waals surface area contributed by atoms with Crippen molar-refractivity contribution in [3.63, 3.8) is 0 Å². The highest BCUT2D eigenvalue weighted by Crippen LogP contribution is 2.16. The van der Waals surface area contributed by atoms with E-state index in [1.54, 1.807) is 7.11 Å². The molecular weight excluding hydrogens is 326 g/mol. The Labute approximate surface area is 157 Å². The normalized spacial score (nSPS) is 12.5. The lowest BCUT2D eigenvalue weighted by molar-refractivity contribution is 0.00554. The van der Waals surface area contributed by atoms with E-state index in [0.29, 0.717) is 25.7 Å². The van der Waals surface area contributed by atoms with E-state index in [9.17, 15) is 5.11 Å². The molecule has 0 aliphatic rings. The van der Waals surface area contributed by atoms with E-state index in [1.165, 1.54) is 5.56 Å². The van der Waals surface area contributed by atoms with Crippen molar-refractivity contribution in [2.45, 2.75) is 33.0 Å². The molecule has 2 aromatic rings. The number of nitrogens with zero attached hydrogens (tertiary/aromatic N) is 1. The minimum atomic E-state index is -0.511. The van der Waals surface area contributed by atoms with Gasteiger partial charge in [-0.15, -0.1) is 0 Å². The smallest absolute Gasteiger partial charge is 0.119 e. The largest absolute Gasteiger partial charge is 0.497 e. The van der Waals surface area contributed by atoms with Gasteiger partial charge in [0.1, 0.15) is 5.75 Å². The van der Waals surface area contributed by atoms with Crippen LogP contribution in [-0.4, -0.2) is 43.0 Å². The number of methoxy groups -OCH3 is 1. The quantitative estimate of drug-likeness (QED) is 0.665. The maximum absolute atomic E-state index is 10.4. The van der Waals surface area contributed by atoms with Crippen LogP contribution in [0.15, 0.2) is 54.6 Å². The van der Waals surface area contributed by atoms with Crippen molar-refractivity contribution >= 4 is 0 Å². The standard InChI is InChI=1S/C22H31NO3/c1-18(2)16-26-17-21(24)15-23(13-19-8-5-4-6-9-19)14-20-10-7-11-22(12-20)25-3/h4-12,18,21,24H,13-17H2,1-3H3/t21-/m0/s1. The van der Waals surface area contributed by atoms with Gasteiger partial charge in [0.2, 0.25) is 0 Å². The number of hydrogen-bond acceptors (Lipinski definition) is 4. The Morgan fingerprint density at radius 2 is 1.62 bits per heavy atom. The highest BCUT2D eigenvalue weighted by molar-refractivity contribution is 5.28. The molecule has 4 nitrogen and oxygen atoms in total. The Kier molecular flexibility index (Phi) is 8.62. The van der Waals surface area contributed by atoms with Gasteiger partial charge in [0.25, 0.3) is 0 Å². The second-order valence-electron chi connectivity index (χ2n) is 7.09. The Balaban J connectivity index is 2.00. The molecule has 26 heavy (non-hydrogen) atoms. The molecule has 1 atom stereocenters. The molecule has 0 spiro atoms. The van der Waals surface area contributed by atoms with E-state index in [1.807, 2.05) is 36.4 Å². The zero-order valence-electron chi connectivity index (χ0n) is 16.1. The van der Waals surface area contributed by atoms with Crippen LogP contribution < -0.4 is 4.74 Å². The molecule has 0 aliphatic heterocycles. The van der Waals surface area contributed by atoms with Gasteiger partial charge >= 0.3 is 0 Å². The van der Waals surface area contributed by atoms with Gasteiger partial charge in [0, 0.05) is 26.2 Å². The summed E-state index contributed by atoms with van der Waals surface area (Å²) in [6, 6.07) is 18.4. The van der Waals surface area contributed by atoms with E-state index in [0.717, 1.165) is 24.4 Å². The van der Waals surface area contributed by atoms with Gasteiger partial charge in [-0.25, -0.2) is 0 Å². The highest BCUT2D eigenvalue weighted by atomic mass is 16.5. The second kappa shape index (κ2) is 11.0. The average Bonchev–Trinajstić information content (AvgIpc) is 2.62. The molecule has 1 N–H and O–H groups in total. The van der Waals surface area contributed by atoms with Crippen molar-refractivity contribution in [3.05, 3.63) is 65.7 Å². The number of benzene rings is 2. The summed E-state index contributed by atoms with van der Waals surface area (Å²) in [6.07, 6.45) is -0.511. The van der Waals surface area contributed by atoms with Crippen molar-refractivity contribution in [3.8, 4) is 5.75 Å². The van der Waals surface area contributed by atoms with Gasteiger partial charge in [-0.3, -0.25) is 4.90 Å². The number of aliphatic hydroxyl groups excluding tert-OH is 1. The first-order chi connectivity index (χ1) is 12.6. The molecule has 142 valence electrons. The number of ether oxygens (including phenoxy) is 2. The molecule has 0 aromatic heterocycles. The van der Waals surface area contributed by atoms with Crippen LogP contribution in [0.4, 0.5) is 0 Å². The minimum absolute atomic E-state index is 0.363. The fourth-order valence-corrected chi connectivity index (χ4v) is 2.85. The summed E-state index contributed by atoms with van der Waals surface area (Å²) in [6.45, 7) is 7.33. The average molecular weight is 357 g/mol. The lowest BCUT2D eigenvalue weighted by Crippen LogP contribution is -2.34. The molecule has 2 rings (SSSR count). The number of aliphatic hydroxyl groups is 1. The predicted octanol–water partition coefficient (Wildman–Crippen LogP) is 3.73. The van der Waals surface area contributed by atoms with E-state index in [4.69, 9.17) is 9.47 Å². The summed E-state index contributed by atoms with van der Waals surface area (Å²) in [7, 11) is 1.68. The highest BCUT2D eigenvalue weighted by Gasteiger charge is 2.14. The summed E-state index contributed by atoms with van der Waals surface area (Å²) < 4.78 is 10.9. The summed E-state index contributed by atoms with van der Waals surface area (Å²) >= 11 is 0. The maximum atomic E-state index is 10.4. The van der Waals surface area contributed by atoms with E-state index in [-0.39, 0.29) is 0 Å². The van der Waals surface area contributed by atoms with Crippen LogP contribution in [0.5, 0.6) is 5.75 Å². The predicted molar refractivity (Wildman–Crippen MR) is 105 cm³/mol. The SMILES string of the molecule is COc1cccc(CN(Cc2ccccc2)C[C@H](O)COCC(C)C)c1. The van der Waals surface area contributed by atoms with E-state index < -0.39 is 6.10 Å². The summed E-state index contributed by atoms with van der Waals surface area (Å²) in [4.78, 5) is 2.24. The molecule has 0 fully saturated rings. The van der Waals surface area contributed by atoms with Crippen molar-refractivity contribution in [1.82, 2.24) is 4.90 Å². The zero-order valence-corrected chi connectivity index (χ0v) is 16.1. The van der Waals surface area contributed by atoms with Crippen molar-refractivity contribution in [1.29, 1.82) is 0 Å². The van der Waals surface area contributed by atoms with Crippen LogP contribution >= 0.6 is 0 Å². The lowest BCUT2D eigenvalue weighted by atomic mass is 10.1. The number of rotatable bonds is 11. The third kappa shape index (κ3) is 7.56. The molecule has 0 bridgehead atoms. The first-order valence-corrected chi connectivity index (χ1v) is 9.22. The molecule has 0 saturated carbocycles. The third-order valence-corrected chi connectivity index (χ3v) is 4.02. The maximum Gasteiger partial charge on any atom is 0.119 e. The fourth-order valence-electron chi connectivity index (χ4n) is 2.85. The van der Waals surface area contributed by atoms with Gasteiger partial charge in [-0.2, -0.15) is 0 Å². The van der Waals surface area contributed by atoms with E-state index in [2.05, 4.69) is 36.9 Å². The lowest BCUT2D eigenvalue weighted by Gasteiger charge is -2.25. The van der Waals surface area contributed by atoms with Gasteiger partial charge in [-0.1, -0.05) is 56.3 Å². The van der Waals surface area contributed by atoms with Gasteiger partial charge < -0.3 is 14.6 Å². The Bertz CT molecular complexity index is 630. The number of hydrogen-bond donors (Lipinski definition) is 1. The zero-order chi connectivity index (χ0) is 18.8. The first kappa shape index (κ1) is 20.4. The minimum Gasteiger partial charge on any atom is -0.497 e. The molecular formula is C22H31NO3. The summed E-state index contributed by atoms with van der Waals surface area (Å²) in [5, 5.41) is 10.4. The molecule has 0 heterocycles. The Morgan fingerprint density at radius 3 is 2.31 bits per heavy atom. The van der Waals surface area contributed by atoms with Crippen LogP contribution in [0.1, 0.15) is 25.0 Å². The van der Waals surface area contributed by atoms with Crippen LogP contribution in [0.25, 0.3) is 0 Å². The first-order valence-electron chi connectivity index (χ1n) is 9.22. The van der Waals surface area contributed by atoms with Crippen molar-refractivity contribution < 1.29 is 14.6 Å². The second-order valence-corrected chi connectivity index (χ2v) is 7.09. The van der Waals surface area contributed by atoms with Gasteiger partial charge in [0.15, 0.2) is 0 Å². The van der Waals surface area contributed by atoms with Crippen molar-refractivity contribution in [2.24, 2.45) is 5.92 Å². The summed E-state index contributed by atoms with van der Waals surface area (Å²) in [5.74, 6) is 1.32. The van der Waals surface area contributed by atoms with Crippen LogP contribution in [0, 0.1) is 5.92 Å². The molecule has 2 aromatic carbocycles. The Morgan fingerprint density at radius 1 is 0.923 bits per heavy atom. The molecule has 0 amide bonds.